The third kappa shape index (κ3) is 2.01. The topological polar surface area (TPSA) is 24.5 Å². The predicted molar refractivity (Wildman–Crippen MR) is 64.6 cm³/mol. The molecule has 0 amide bonds. The van der Waals surface area contributed by atoms with Gasteiger partial charge < -0.3 is 10.1 Å². The monoisotopic (exact) mass is 224 g/mol. The quantitative estimate of drug-likeness (QED) is 0.728. The van der Waals surface area contributed by atoms with Gasteiger partial charge in [-0.05, 0) is 39.0 Å². The normalized spacial score (nSPS) is 39.6. The van der Waals surface area contributed by atoms with E-state index < -0.39 is 0 Å². The minimum absolute atomic E-state index is 0.303. The smallest absolute Gasteiger partial charge is 0.0697 e. The van der Waals surface area contributed by atoms with Crippen LogP contribution in [0, 0.1) is 0 Å². The van der Waals surface area contributed by atoms with E-state index in [1.165, 1.54) is 45.2 Å². The van der Waals surface area contributed by atoms with Gasteiger partial charge in [0.1, 0.15) is 0 Å². The van der Waals surface area contributed by atoms with Gasteiger partial charge in [0.05, 0.1) is 5.60 Å². The number of piperazine rings is 1. The first-order valence-electron chi connectivity index (χ1n) is 6.89. The van der Waals surface area contributed by atoms with E-state index in [1.807, 2.05) is 0 Å². The number of hydrogen-bond donors (Lipinski definition) is 1. The van der Waals surface area contributed by atoms with Crippen molar-refractivity contribution in [3.05, 3.63) is 0 Å². The second-order valence-electron chi connectivity index (χ2n) is 5.88. The summed E-state index contributed by atoms with van der Waals surface area (Å²) in [6.45, 7) is 6.89. The summed E-state index contributed by atoms with van der Waals surface area (Å²) in [5.41, 5.74) is 0.303. The van der Waals surface area contributed by atoms with E-state index in [0.717, 1.165) is 19.2 Å². The van der Waals surface area contributed by atoms with Crippen molar-refractivity contribution in [2.24, 2.45) is 0 Å². The Balaban J connectivity index is 1.61. The van der Waals surface area contributed by atoms with Crippen LogP contribution in [0.3, 0.4) is 0 Å². The fourth-order valence-electron chi connectivity index (χ4n) is 3.53. The second kappa shape index (κ2) is 4.28. The SMILES string of the molecule is C[C@H]1CN(C2CCOC3(CCC3)C2)CCN1. The maximum Gasteiger partial charge on any atom is 0.0697 e. The third-order valence-corrected chi connectivity index (χ3v) is 4.65. The fourth-order valence-corrected chi connectivity index (χ4v) is 3.53. The molecule has 2 saturated heterocycles. The van der Waals surface area contributed by atoms with Gasteiger partial charge in [-0.15, -0.1) is 0 Å². The number of nitrogens with zero attached hydrogens (tertiary/aromatic N) is 1. The van der Waals surface area contributed by atoms with Crippen LogP contribution in [0.2, 0.25) is 0 Å². The van der Waals surface area contributed by atoms with Crippen molar-refractivity contribution in [2.45, 2.75) is 56.7 Å². The van der Waals surface area contributed by atoms with Gasteiger partial charge in [0.2, 0.25) is 0 Å². The van der Waals surface area contributed by atoms with E-state index in [-0.39, 0.29) is 0 Å². The molecule has 1 N–H and O–H groups in total. The van der Waals surface area contributed by atoms with E-state index >= 15 is 0 Å². The second-order valence-corrected chi connectivity index (χ2v) is 5.88. The minimum Gasteiger partial charge on any atom is -0.375 e. The highest BCUT2D eigenvalue weighted by molar-refractivity contribution is 4.97. The summed E-state index contributed by atoms with van der Waals surface area (Å²) in [4.78, 5) is 2.70. The highest BCUT2D eigenvalue weighted by Crippen LogP contribution is 2.43. The molecule has 0 aromatic heterocycles. The molecule has 3 nitrogen and oxygen atoms in total. The molecular weight excluding hydrogens is 200 g/mol. The molecule has 2 aliphatic heterocycles. The van der Waals surface area contributed by atoms with Crippen molar-refractivity contribution in [3.63, 3.8) is 0 Å². The fraction of sp³-hybridized carbons (Fsp3) is 1.00. The van der Waals surface area contributed by atoms with Crippen LogP contribution in [0.1, 0.15) is 39.0 Å². The zero-order valence-electron chi connectivity index (χ0n) is 10.4. The Labute approximate surface area is 98.5 Å². The standard InChI is InChI=1S/C13H24N2O/c1-11-10-15(7-6-14-11)12-3-8-16-13(9-12)4-2-5-13/h11-12,14H,2-10H2,1H3/t11-,12?/m0/s1. The van der Waals surface area contributed by atoms with Crippen LogP contribution in [0.25, 0.3) is 0 Å². The molecule has 0 aromatic rings. The molecule has 0 bridgehead atoms. The van der Waals surface area contributed by atoms with Gasteiger partial charge in [0.25, 0.3) is 0 Å². The number of nitrogens with one attached hydrogen (secondary N) is 1. The molecular formula is C13H24N2O. The Bertz CT molecular complexity index is 252. The van der Waals surface area contributed by atoms with Gasteiger partial charge in [0.15, 0.2) is 0 Å². The maximum atomic E-state index is 6.01. The molecule has 3 rings (SSSR count). The predicted octanol–water partition coefficient (Wildman–Crippen LogP) is 1.38. The molecule has 3 heteroatoms. The molecule has 3 fully saturated rings. The van der Waals surface area contributed by atoms with Crippen molar-refractivity contribution in [2.75, 3.05) is 26.2 Å². The van der Waals surface area contributed by atoms with Crippen molar-refractivity contribution in [3.8, 4) is 0 Å². The summed E-state index contributed by atoms with van der Waals surface area (Å²) >= 11 is 0. The van der Waals surface area contributed by atoms with Crippen molar-refractivity contribution >= 4 is 0 Å². The van der Waals surface area contributed by atoms with Crippen LogP contribution in [0.15, 0.2) is 0 Å². The number of hydrogen-bond acceptors (Lipinski definition) is 3. The summed E-state index contributed by atoms with van der Waals surface area (Å²) in [6, 6.07) is 1.45. The van der Waals surface area contributed by atoms with Crippen LogP contribution < -0.4 is 5.32 Å². The summed E-state index contributed by atoms with van der Waals surface area (Å²) in [6.07, 6.45) is 6.54. The molecule has 1 saturated carbocycles. The lowest BCUT2D eigenvalue weighted by atomic mass is 9.73. The third-order valence-electron chi connectivity index (χ3n) is 4.65. The van der Waals surface area contributed by atoms with Crippen LogP contribution in [0.5, 0.6) is 0 Å². The van der Waals surface area contributed by atoms with Crippen LogP contribution >= 0.6 is 0 Å². The molecule has 1 spiro atoms. The first kappa shape index (κ1) is 11.0. The van der Waals surface area contributed by atoms with Gasteiger partial charge in [-0.25, -0.2) is 0 Å². The molecule has 0 aromatic carbocycles. The molecule has 3 aliphatic rings. The summed E-state index contributed by atoms with van der Waals surface area (Å²) in [5, 5.41) is 3.53. The largest absolute Gasteiger partial charge is 0.375 e. The zero-order chi connectivity index (χ0) is 11.0. The number of ether oxygens (including phenoxy) is 1. The van der Waals surface area contributed by atoms with Gasteiger partial charge >= 0.3 is 0 Å². The van der Waals surface area contributed by atoms with E-state index in [9.17, 15) is 0 Å². The lowest BCUT2D eigenvalue weighted by Crippen LogP contribution is -2.57. The Kier molecular flexibility index (Phi) is 2.94. The first-order chi connectivity index (χ1) is 7.77. The molecule has 0 radical (unpaired) electrons. The molecule has 16 heavy (non-hydrogen) atoms. The molecule has 92 valence electrons. The van der Waals surface area contributed by atoms with E-state index in [1.54, 1.807) is 0 Å². The summed E-state index contributed by atoms with van der Waals surface area (Å²) in [5.74, 6) is 0. The number of rotatable bonds is 1. The molecule has 1 aliphatic carbocycles. The highest BCUT2D eigenvalue weighted by atomic mass is 16.5. The van der Waals surface area contributed by atoms with Gasteiger partial charge in [-0.3, -0.25) is 4.90 Å². The lowest BCUT2D eigenvalue weighted by Gasteiger charge is -2.50. The van der Waals surface area contributed by atoms with E-state index in [0.29, 0.717) is 11.6 Å². The Morgan fingerprint density at radius 2 is 2.25 bits per heavy atom. The van der Waals surface area contributed by atoms with E-state index in [2.05, 4.69) is 17.1 Å². The summed E-state index contributed by atoms with van der Waals surface area (Å²) in [7, 11) is 0. The summed E-state index contributed by atoms with van der Waals surface area (Å²) < 4.78 is 6.01. The van der Waals surface area contributed by atoms with Gasteiger partial charge in [0, 0.05) is 38.3 Å². The average molecular weight is 224 g/mol. The lowest BCUT2D eigenvalue weighted by molar-refractivity contribution is -0.150. The van der Waals surface area contributed by atoms with Crippen molar-refractivity contribution < 1.29 is 4.74 Å². The molecule has 1 unspecified atom stereocenters. The van der Waals surface area contributed by atoms with Crippen molar-refractivity contribution in [1.82, 2.24) is 10.2 Å². The average Bonchev–Trinajstić information content (AvgIpc) is 2.27. The Morgan fingerprint density at radius 3 is 2.94 bits per heavy atom. The molecule has 2 atom stereocenters. The maximum absolute atomic E-state index is 6.01. The molecule has 2 heterocycles. The van der Waals surface area contributed by atoms with Crippen LogP contribution in [-0.2, 0) is 4.74 Å². The van der Waals surface area contributed by atoms with E-state index in [4.69, 9.17) is 4.74 Å². The zero-order valence-corrected chi connectivity index (χ0v) is 10.4. The van der Waals surface area contributed by atoms with Gasteiger partial charge in [-0.1, -0.05) is 0 Å². The van der Waals surface area contributed by atoms with Gasteiger partial charge in [-0.2, -0.15) is 0 Å². The van der Waals surface area contributed by atoms with Crippen LogP contribution in [-0.4, -0.2) is 48.8 Å². The Morgan fingerprint density at radius 1 is 1.38 bits per heavy atom. The van der Waals surface area contributed by atoms with Crippen LogP contribution in [0.4, 0.5) is 0 Å². The Hall–Kier alpha value is -0.120. The minimum atomic E-state index is 0.303. The first-order valence-corrected chi connectivity index (χ1v) is 6.89. The highest BCUT2D eigenvalue weighted by Gasteiger charge is 2.44. The van der Waals surface area contributed by atoms with Crippen molar-refractivity contribution in [1.29, 1.82) is 0 Å².